The Morgan fingerprint density at radius 1 is 1.00 bits per heavy atom. The molecule has 22 heavy (non-hydrogen) atoms. The van der Waals surface area contributed by atoms with E-state index in [0.717, 1.165) is 30.2 Å². The minimum absolute atomic E-state index is 0.458. The summed E-state index contributed by atoms with van der Waals surface area (Å²) in [7, 11) is 0. The van der Waals surface area contributed by atoms with Crippen LogP contribution < -0.4 is 5.73 Å². The summed E-state index contributed by atoms with van der Waals surface area (Å²) in [6, 6.07) is 9.36. The molecule has 0 heterocycles. The van der Waals surface area contributed by atoms with Gasteiger partial charge in [0.15, 0.2) is 0 Å². The molecular formula is C21H31N. The maximum Gasteiger partial charge on any atom is 0.00130 e. The Morgan fingerprint density at radius 3 is 2.23 bits per heavy atom. The molecule has 0 amide bonds. The predicted molar refractivity (Wildman–Crippen MR) is 92.8 cm³/mol. The van der Waals surface area contributed by atoms with E-state index in [1.165, 1.54) is 51.4 Å². The first-order valence-corrected chi connectivity index (χ1v) is 9.56. The van der Waals surface area contributed by atoms with Crippen LogP contribution in [0.25, 0.3) is 0 Å². The zero-order valence-electron chi connectivity index (χ0n) is 14.1. The van der Waals surface area contributed by atoms with Gasteiger partial charge in [0.2, 0.25) is 0 Å². The number of hydrogen-bond acceptors (Lipinski definition) is 1. The van der Waals surface area contributed by atoms with Gasteiger partial charge >= 0.3 is 0 Å². The van der Waals surface area contributed by atoms with E-state index in [1.54, 1.807) is 11.1 Å². The molecule has 0 radical (unpaired) electrons. The molecular weight excluding hydrogens is 266 g/mol. The predicted octanol–water partition coefficient (Wildman–Crippen LogP) is 4.68. The Labute approximate surface area is 135 Å². The summed E-state index contributed by atoms with van der Waals surface area (Å²) in [6.07, 6.45) is 11.2. The highest BCUT2D eigenvalue weighted by Gasteiger charge is 2.57. The van der Waals surface area contributed by atoms with Gasteiger partial charge in [-0.25, -0.2) is 0 Å². The lowest BCUT2D eigenvalue weighted by molar-refractivity contribution is -0.0658. The van der Waals surface area contributed by atoms with Gasteiger partial charge in [0.05, 0.1) is 0 Å². The van der Waals surface area contributed by atoms with Crippen molar-refractivity contribution in [3.05, 3.63) is 35.4 Å². The van der Waals surface area contributed by atoms with Crippen LogP contribution in [-0.2, 0) is 11.8 Å². The lowest BCUT2D eigenvalue weighted by Crippen LogP contribution is -2.56. The summed E-state index contributed by atoms with van der Waals surface area (Å²) < 4.78 is 0. The normalized spacial score (nSPS) is 39.4. The minimum Gasteiger partial charge on any atom is -0.330 e. The van der Waals surface area contributed by atoms with Gasteiger partial charge in [0.25, 0.3) is 0 Å². The third-order valence-electron chi connectivity index (χ3n) is 7.29. The van der Waals surface area contributed by atoms with Gasteiger partial charge in [-0.2, -0.15) is 0 Å². The summed E-state index contributed by atoms with van der Waals surface area (Å²) in [4.78, 5) is 0. The Bertz CT molecular complexity index is 504. The van der Waals surface area contributed by atoms with Crippen LogP contribution in [0, 0.1) is 23.7 Å². The maximum absolute atomic E-state index is 5.94. The first-order chi connectivity index (χ1) is 10.8. The Hall–Kier alpha value is -0.820. The number of hydrogen-bond donors (Lipinski definition) is 1. The van der Waals surface area contributed by atoms with E-state index in [9.17, 15) is 0 Å². The average molecular weight is 297 g/mol. The topological polar surface area (TPSA) is 26.0 Å². The van der Waals surface area contributed by atoms with Crippen molar-refractivity contribution in [2.45, 2.75) is 63.7 Å². The number of rotatable bonds is 5. The molecule has 0 spiro atoms. The Kier molecular flexibility index (Phi) is 3.80. The van der Waals surface area contributed by atoms with E-state index < -0.39 is 0 Å². The lowest BCUT2D eigenvalue weighted by Gasteiger charge is -2.62. The van der Waals surface area contributed by atoms with Gasteiger partial charge in [-0.1, -0.05) is 31.2 Å². The highest BCUT2D eigenvalue weighted by Crippen LogP contribution is 2.64. The van der Waals surface area contributed by atoms with Gasteiger partial charge < -0.3 is 5.73 Å². The van der Waals surface area contributed by atoms with Crippen molar-refractivity contribution in [3.8, 4) is 0 Å². The highest BCUT2D eigenvalue weighted by molar-refractivity contribution is 5.38. The summed E-state index contributed by atoms with van der Waals surface area (Å²) in [6.45, 7) is 3.17. The maximum atomic E-state index is 5.94. The van der Waals surface area contributed by atoms with Crippen molar-refractivity contribution in [2.75, 3.05) is 6.54 Å². The third-order valence-corrected chi connectivity index (χ3v) is 7.29. The number of benzene rings is 1. The van der Waals surface area contributed by atoms with Crippen LogP contribution in [-0.4, -0.2) is 6.54 Å². The summed E-state index contributed by atoms with van der Waals surface area (Å²) in [5.74, 6) is 3.95. The second-order valence-corrected chi connectivity index (χ2v) is 8.25. The highest BCUT2D eigenvalue weighted by atomic mass is 14.6. The molecule has 4 aliphatic rings. The number of aryl methyl sites for hydroxylation is 1. The minimum atomic E-state index is 0.458. The largest absolute Gasteiger partial charge is 0.330 e. The van der Waals surface area contributed by atoms with E-state index >= 15 is 0 Å². The second-order valence-electron chi connectivity index (χ2n) is 8.25. The quantitative estimate of drug-likeness (QED) is 0.839. The summed E-state index contributed by atoms with van der Waals surface area (Å²) in [5.41, 5.74) is 9.71. The second kappa shape index (κ2) is 5.67. The van der Waals surface area contributed by atoms with Crippen molar-refractivity contribution >= 4 is 0 Å². The molecule has 4 saturated carbocycles. The van der Waals surface area contributed by atoms with Crippen LogP contribution >= 0.6 is 0 Å². The van der Waals surface area contributed by atoms with Crippen LogP contribution in [0.3, 0.4) is 0 Å². The molecule has 4 fully saturated rings. The molecule has 0 saturated heterocycles. The zero-order chi connectivity index (χ0) is 15.2. The standard InChI is InChI=1S/C21H31N/c1-2-17-6-3-4-7-20(17)21(8-5-9-22)18-11-15-10-16(13-18)14-19(21)12-15/h3-4,6-7,15-16,18-19H,2,5,8-14,22H2,1H3. The van der Waals surface area contributed by atoms with E-state index in [1.807, 2.05) is 0 Å². The fraction of sp³-hybridized carbons (Fsp3) is 0.714. The molecule has 0 atom stereocenters. The van der Waals surface area contributed by atoms with Crippen molar-refractivity contribution in [2.24, 2.45) is 29.4 Å². The van der Waals surface area contributed by atoms with E-state index in [0.29, 0.717) is 5.41 Å². The van der Waals surface area contributed by atoms with Crippen LogP contribution in [0.2, 0.25) is 0 Å². The molecule has 1 heteroatoms. The fourth-order valence-electron chi connectivity index (χ4n) is 6.69. The van der Waals surface area contributed by atoms with Crippen molar-refractivity contribution < 1.29 is 0 Å². The Balaban J connectivity index is 1.80. The van der Waals surface area contributed by atoms with Gasteiger partial charge in [0, 0.05) is 5.41 Å². The van der Waals surface area contributed by atoms with E-state index in [4.69, 9.17) is 5.73 Å². The average Bonchev–Trinajstić information content (AvgIpc) is 2.54. The van der Waals surface area contributed by atoms with Gasteiger partial charge in [-0.05, 0) is 92.7 Å². The molecule has 1 nitrogen and oxygen atoms in total. The zero-order valence-corrected chi connectivity index (χ0v) is 14.1. The fourth-order valence-corrected chi connectivity index (χ4v) is 6.69. The van der Waals surface area contributed by atoms with Gasteiger partial charge in [0.1, 0.15) is 0 Å². The molecule has 0 aliphatic heterocycles. The molecule has 1 aromatic rings. The van der Waals surface area contributed by atoms with Crippen LogP contribution in [0.1, 0.15) is 63.0 Å². The smallest absolute Gasteiger partial charge is 0.00130 e. The first-order valence-electron chi connectivity index (χ1n) is 9.56. The summed E-state index contributed by atoms with van der Waals surface area (Å²) >= 11 is 0. The van der Waals surface area contributed by atoms with Crippen LogP contribution in [0.4, 0.5) is 0 Å². The Morgan fingerprint density at radius 2 is 1.64 bits per heavy atom. The molecule has 1 aromatic carbocycles. The van der Waals surface area contributed by atoms with Gasteiger partial charge in [-0.15, -0.1) is 0 Å². The molecule has 120 valence electrons. The molecule has 0 aromatic heterocycles. The monoisotopic (exact) mass is 297 g/mol. The van der Waals surface area contributed by atoms with E-state index in [2.05, 4.69) is 31.2 Å². The SMILES string of the molecule is CCc1ccccc1C1(CCCN)C2CC3CC(C2)CC1C3. The summed E-state index contributed by atoms with van der Waals surface area (Å²) in [5, 5.41) is 0. The molecule has 5 rings (SSSR count). The van der Waals surface area contributed by atoms with Crippen molar-refractivity contribution in [1.29, 1.82) is 0 Å². The third kappa shape index (κ3) is 2.08. The van der Waals surface area contributed by atoms with Gasteiger partial charge in [-0.3, -0.25) is 0 Å². The van der Waals surface area contributed by atoms with Crippen LogP contribution in [0.5, 0.6) is 0 Å². The lowest BCUT2D eigenvalue weighted by atomic mass is 9.42. The molecule has 2 N–H and O–H groups in total. The molecule has 0 unspecified atom stereocenters. The molecule has 4 bridgehead atoms. The van der Waals surface area contributed by atoms with Crippen molar-refractivity contribution in [3.63, 3.8) is 0 Å². The van der Waals surface area contributed by atoms with E-state index in [-0.39, 0.29) is 0 Å². The van der Waals surface area contributed by atoms with Crippen molar-refractivity contribution in [1.82, 2.24) is 0 Å². The number of nitrogens with two attached hydrogens (primary N) is 1. The first kappa shape index (κ1) is 14.8. The van der Waals surface area contributed by atoms with Crippen LogP contribution in [0.15, 0.2) is 24.3 Å². The molecule has 4 aliphatic carbocycles.